The Morgan fingerprint density at radius 2 is 1.55 bits per heavy atom. The molecular formula is C23H27N3O5. The zero-order valence-corrected chi connectivity index (χ0v) is 18.2. The van der Waals surface area contributed by atoms with Crippen LogP contribution in [0.1, 0.15) is 36.3 Å². The highest BCUT2D eigenvalue weighted by molar-refractivity contribution is 5.81. The minimum atomic E-state index is -1.04. The van der Waals surface area contributed by atoms with Crippen molar-refractivity contribution in [2.75, 3.05) is 35.0 Å². The molecule has 0 unspecified atom stereocenters. The lowest BCUT2D eigenvalue weighted by Gasteiger charge is -2.56. The van der Waals surface area contributed by atoms with Crippen molar-refractivity contribution in [3.05, 3.63) is 45.8 Å². The largest absolute Gasteiger partial charge is 0.493 e. The van der Waals surface area contributed by atoms with Crippen LogP contribution in [-0.2, 0) is 5.60 Å². The molecule has 164 valence electrons. The summed E-state index contributed by atoms with van der Waals surface area (Å²) >= 11 is 0. The maximum atomic E-state index is 12.0. The average molecular weight is 425 g/mol. The van der Waals surface area contributed by atoms with Crippen LogP contribution in [0.15, 0.2) is 29.4 Å². The van der Waals surface area contributed by atoms with Gasteiger partial charge in [0.1, 0.15) is 5.60 Å². The summed E-state index contributed by atoms with van der Waals surface area (Å²) in [5.41, 5.74) is 11.3. The van der Waals surface area contributed by atoms with Crippen molar-refractivity contribution in [1.82, 2.24) is 0 Å². The summed E-state index contributed by atoms with van der Waals surface area (Å²) in [5, 5.41) is 15.7. The van der Waals surface area contributed by atoms with Gasteiger partial charge < -0.3 is 24.1 Å². The van der Waals surface area contributed by atoms with Gasteiger partial charge in [-0.3, -0.25) is 0 Å². The molecule has 4 rings (SSSR count). The molecule has 0 saturated heterocycles. The molecule has 1 saturated carbocycles. The number of aliphatic hydroxyl groups is 1. The number of azide groups is 1. The standard InChI is InChI=1S/C23H27N3O5/c1-28-19-9-14-15(10-20(19)29-2)17-8-13(6-5-7-25-26-24)23(17,27)18-12-22(31-4)21(30-3)11-16(14)18/h9-13,17,27H,5-8H2,1-4H3/t13-,17+,23-/m0/s1. The molecule has 0 amide bonds. The molecule has 0 bridgehead atoms. The van der Waals surface area contributed by atoms with Gasteiger partial charge in [0.2, 0.25) is 0 Å². The fourth-order valence-corrected chi connectivity index (χ4v) is 5.18. The SMILES string of the molecule is COc1cc2c(cc1OC)[C@H]1C[C@H](CCCN=[N+]=[N-])[C@@]1(O)c1cc(OC)c(OC)cc1-2. The van der Waals surface area contributed by atoms with Crippen molar-refractivity contribution in [1.29, 1.82) is 0 Å². The Hall–Kier alpha value is -3.09. The Bertz CT molecular complexity index is 1050. The van der Waals surface area contributed by atoms with E-state index in [0.717, 1.165) is 41.5 Å². The molecule has 1 fully saturated rings. The summed E-state index contributed by atoms with van der Waals surface area (Å²) < 4.78 is 22.1. The maximum Gasteiger partial charge on any atom is 0.161 e. The predicted octanol–water partition coefficient (Wildman–Crippen LogP) is 4.78. The van der Waals surface area contributed by atoms with Gasteiger partial charge in [-0.2, -0.15) is 0 Å². The number of hydrogen-bond donors (Lipinski definition) is 1. The van der Waals surface area contributed by atoms with Crippen molar-refractivity contribution in [2.24, 2.45) is 11.0 Å². The summed E-state index contributed by atoms with van der Waals surface area (Å²) in [6, 6.07) is 7.75. The first kappa shape index (κ1) is 21.2. The minimum Gasteiger partial charge on any atom is -0.493 e. The second kappa shape index (κ2) is 8.21. The van der Waals surface area contributed by atoms with Gasteiger partial charge in [0.25, 0.3) is 0 Å². The number of hydrogen-bond acceptors (Lipinski definition) is 6. The van der Waals surface area contributed by atoms with Crippen LogP contribution >= 0.6 is 0 Å². The molecule has 8 heteroatoms. The van der Waals surface area contributed by atoms with Crippen LogP contribution in [0.5, 0.6) is 23.0 Å². The molecule has 1 N–H and O–H groups in total. The van der Waals surface area contributed by atoms with Crippen molar-refractivity contribution >= 4 is 0 Å². The fraction of sp³-hybridized carbons (Fsp3) is 0.478. The average Bonchev–Trinajstić information content (AvgIpc) is 2.80. The molecule has 2 aromatic carbocycles. The van der Waals surface area contributed by atoms with E-state index < -0.39 is 5.60 Å². The molecule has 0 spiro atoms. The molecule has 2 aliphatic rings. The van der Waals surface area contributed by atoms with Gasteiger partial charge >= 0.3 is 0 Å². The van der Waals surface area contributed by atoms with Crippen LogP contribution in [0.3, 0.4) is 0 Å². The summed E-state index contributed by atoms with van der Waals surface area (Å²) in [6.07, 6.45) is 2.33. The normalized spacial score (nSPS) is 22.7. The quantitative estimate of drug-likeness (QED) is 0.283. The van der Waals surface area contributed by atoms with Gasteiger partial charge in [-0.25, -0.2) is 0 Å². The van der Waals surface area contributed by atoms with E-state index in [4.69, 9.17) is 24.5 Å². The fourth-order valence-electron chi connectivity index (χ4n) is 5.18. The zero-order chi connectivity index (χ0) is 22.2. The third-order valence-corrected chi connectivity index (χ3v) is 6.72. The Balaban J connectivity index is 1.87. The molecule has 8 nitrogen and oxygen atoms in total. The number of methoxy groups -OCH3 is 4. The van der Waals surface area contributed by atoms with Gasteiger partial charge in [-0.15, -0.1) is 0 Å². The molecule has 31 heavy (non-hydrogen) atoms. The second-order valence-electron chi connectivity index (χ2n) is 7.95. The lowest BCUT2D eigenvalue weighted by molar-refractivity contribution is -0.130. The van der Waals surface area contributed by atoms with E-state index in [0.29, 0.717) is 29.5 Å². The van der Waals surface area contributed by atoms with Crippen LogP contribution in [0, 0.1) is 5.92 Å². The Labute approximate surface area is 181 Å². The lowest BCUT2D eigenvalue weighted by atomic mass is 9.51. The Kier molecular flexibility index (Phi) is 5.60. The molecule has 2 aromatic rings. The van der Waals surface area contributed by atoms with Crippen LogP contribution in [0.4, 0.5) is 0 Å². The third-order valence-electron chi connectivity index (χ3n) is 6.72. The van der Waals surface area contributed by atoms with Crippen molar-refractivity contribution in [3.8, 4) is 34.1 Å². The van der Waals surface area contributed by atoms with Gasteiger partial charge in [-0.05, 0) is 77.2 Å². The predicted molar refractivity (Wildman–Crippen MR) is 116 cm³/mol. The molecule has 0 heterocycles. The van der Waals surface area contributed by atoms with E-state index >= 15 is 0 Å². The van der Waals surface area contributed by atoms with Crippen molar-refractivity contribution in [3.63, 3.8) is 0 Å². The summed E-state index contributed by atoms with van der Waals surface area (Å²) in [6.45, 7) is 0.425. The summed E-state index contributed by atoms with van der Waals surface area (Å²) in [7, 11) is 6.42. The van der Waals surface area contributed by atoms with Crippen LogP contribution < -0.4 is 18.9 Å². The molecule has 3 atom stereocenters. The van der Waals surface area contributed by atoms with Crippen LogP contribution in [-0.4, -0.2) is 40.1 Å². The van der Waals surface area contributed by atoms with E-state index in [2.05, 4.69) is 10.0 Å². The van der Waals surface area contributed by atoms with E-state index in [9.17, 15) is 5.11 Å². The number of rotatable bonds is 8. The van der Waals surface area contributed by atoms with E-state index in [-0.39, 0.29) is 11.8 Å². The van der Waals surface area contributed by atoms with Crippen molar-refractivity contribution in [2.45, 2.75) is 30.8 Å². The zero-order valence-electron chi connectivity index (χ0n) is 18.2. The van der Waals surface area contributed by atoms with Crippen molar-refractivity contribution < 1.29 is 24.1 Å². The smallest absolute Gasteiger partial charge is 0.161 e. The number of fused-ring (bicyclic) bond motifs is 6. The number of nitrogens with zero attached hydrogens (tertiary/aromatic N) is 3. The molecule has 0 aliphatic heterocycles. The second-order valence-corrected chi connectivity index (χ2v) is 7.95. The monoisotopic (exact) mass is 425 g/mol. The Morgan fingerprint density at radius 1 is 0.968 bits per heavy atom. The highest BCUT2D eigenvalue weighted by Crippen LogP contribution is 2.65. The summed E-state index contributed by atoms with van der Waals surface area (Å²) in [5.74, 6) is 2.43. The van der Waals surface area contributed by atoms with E-state index in [1.165, 1.54) is 0 Å². The Morgan fingerprint density at radius 3 is 2.16 bits per heavy atom. The maximum absolute atomic E-state index is 12.0. The minimum absolute atomic E-state index is 0.0458. The summed E-state index contributed by atoms with van der Waals surface area (Å²) in [4.78, 5) is 2.82. The first-order chi connectivity index (χ1) is 15.0. The first-order valence-electron chi connectivity index (χ1n) is 10.3. The lowest BCUT2D eigenvalue weighted by Crippen LogP contribution is -2.53. The van der Waals surface area contributed by atoms with E-state index in [1.807, 2.05) is 24.3 Å². The van der Waals surface area contributed by atoms with Crippen LogP contribution in [0.25, 0.3) is 21.6 Å². The van der Waals surface area contributed by atoms with Crippen LogP contribution in [0.2, 0.25) is 0 Å². The van der Waals surface area contributed by atoms with E-state index in [1.54, 1.807) is 28.4 Å². The molecule has 0 radical (unpaired) electrons. The third kappa shape index (κ3) is 3.14. The molecule has 2 aliphatic carbocycles. The molecular weight excluding hydrogens is 398 g/mol. The van der Waals surface area contributed by atoms with Gasteiger partial charge in [0.15, 0.2) is 23.0 Å². The highest BCUT2D eigenvalue weighted by Gasteiger charge is 2.59. The topological polar surface area (TPSA) is 106 Å². The first-order valence-corrected chi connectivity index (χ1v) is 10.3. The number of benzene rings is 2. The molecule has 0 aromatic heterocycles. The van der Waals surface area contributed by atoms with Gasteiger partial charge in [-0.1, -0.05) is 5.11 Å². The van der Waals surface area contributed by atoms with Gasteiger partial charge in [0, 0.05) is 17.4 Å². The number of ether oxygens (including phenoxy) is 4. The van der Waals surface area contributed by atoms with Gasteiger partial charge in [0.05, 0.1) is 28.4 Å². The highest BCUT2D eigenvalue weighted by atomic mass is 16.5.